The summed E-state index contributed by atoms with van der Waals surface area (Å²) in [4.78, 5) is 12.5. The highest BCUT2D eigenvalue weighted by atomic mass is 35.5. The highest BCUT2D eigenvalue weighted by molar-refractivity contribution is 7.89. The quantitative estimate of drug-likeness (QED) is 0.834. The van der Waals surface area contributed by atoms with Crippen molar-refractivity contribution < 1.29 is 22.4 Å². The number of methoxy groups -OCH3 is 1. The van der Waals surface area contributed by atoms with E-state index in [0.717, 1.165) is 12.8 Å². The predicted molar refractivity (Wildman–Crippen MR) is 97.4 cm³/mol. The third-order valence-electron chi connectivity index (χ3n) is 4.20. The molecule has 1 aliphatic heterocycles. The van der Waals surface area contributed by atoms with Crippen LogP contribution in [0, 0.1) is 6.92 Å². The lowest BCUT2D eigenvalue weighted by atomic mass is 10.3. The van der Waals surface area contributed by atoms with Crippen molar-refractivity contribution in [1.29, 1.82) is 0 Å². The van der Waals surface area contributed by atoms with E-state index in [2.05, 4.69) is 5.32 Å². The Morgan fingerprint density at radius 2 is 1.96 bits per heavy atom. The molecule has 9 heteroatoms. The Hall–Kier alpha value is -2.03. The van der Waals surface area contributed by atoms with Crippen LogP contribution in [-0.4, -0.2) is 38.8 Å². The molecule has 3 rings (SSSR count). The fourth-order valence-corrected chi connectivity index (χ4v) is 4.70. The molecule has 1 saturated heterocycles. The van der Waals surface area contributed by atoms with Gasteiger partial charge in [0.05, 0.1) is 17.8 Å². The van der Waals surface area contributed by atoms with Gasteiger partial charge >= 0.3 is 0 Å². The van der Waals surface area contributed by atoms with Crippen molar-refractivity contribution in [1.82, 2.24) is 4.31 Å². The first-order chi connectivity index (χ1) is 12.3. The number of anilines is 1. The lowest BCUT2D eigenvalue weighted by Gasteiger charge is -2.14. The van der Waals surface area contributed by atoms with Crippen molar-refractivity contribution in [2.45, 2.75) is 24.7 Å². The summed E-state index contributed by atoms with van der Waals surface area (Å²) in [6.45, 7) is 2.49. The summed E-state index contributed by atoms with van der Waals surface area (Å²) < 4.78 is 37.2. The fourth-order valence-electron chi connectivity index (χ4n) is 2.81. The molecule has 26 heavy (non-hydrogen) atoms. The van der Waals surface area contributed by atoms with Crippen molar-refractivity contribution in [2.24, 2.45) is 0 Å². The largest absolute Gasteiger partial charge is 0.497 e. The van der Waals surface area contributed by atoms with Gasteiger partial charge in [0.2, 0.25) is 10.0 Å². The van der Waals surface area contributed by atoms with E-state index in [1.54, 1.807) is 18.2 Å². The Morgan fingerprint density at radius 1 is 1.27 bits per heavy atom. The SMILES string of the molecule is COc1ccc(NC(=O)c2cc(S(=O)(=O)N3CCCC3)c(C)o2)c(Cl)c1. The number of carbonyl (C=O) groups excluding carboxylic acids is 1. The second kappa shape index (κ2) is 7.30. The third-order valence-corrected chi connectivity index (χ3v) is 6.52. The van der Waals surface area contributed by atoms with E-state index in [4.69, 9.17) is 20.8 Å². The molecule has 0 atom stereocenters. The lowest BCUT2D eigenvalue weighted by molar-refractivity contribution is 0.0995. The van der Waals surface area contributed by atoms with Gasteiger partial charge in [-0.2, -0.15) is 4.31 Å². The molecule has 2 heterocycles. The van der Waals surface area contributed by atoms with Gasteiger partial charge in [0.1, 0.15) is 16.4 Å². The van der Waals surface area contributed by atoms with Gasteiger partial charge in [0, 0.05) is 25.2 Å². The molecule has 0 bridgehead atoms. The number of carbonyl (C=O) groups is 1. The van der Waals surface area contributed by atoms with Crippen LogP contribution < -0.4 is 10.1 Å². The third kappa shape index (κ3) is 3.58. The number of sulfonamides is 1. The van der Waals surface area contributed by atoms with Crippen LogP contribution in [0.25, 0.3) is 0 Å². The number of benzene rings is 1. The number of furan rings is 1. The van der Waals surface area contributed by atoms with E-state index in [-0.39, 0.29) is 16.4 Å². The molecule has 0 saturated carbocycles. The Kier molecular flexibility index (Phi) is 5.27. The van der Waals surface area contributed by atoms with E-state index in [9.17, 15) is 13.2 Å². The summed E-state index contributed by atoms with van der Waals surface area (Å²) in [5.74, 6) is 0.0684. The van der Waals surface area contributed by atoms with Crippen LogP contribution in [0.5, 0.6) is 5.75 Å². The summed E-state index contributed by atoms with van der Waals surface area (Å²) in [6.07, 6.45) is 1.67. The van der Waals surface area contributed by atoms with Crippen LogP contribution in [0.2, 0.25) is 5.02 Å². The molecule has 1 aromatic heterocycles. The highest BCUT2D eigenvalue weighted by Crippen LogP contribution is 2.29. The minimum absolute atomic E-state index is 0.0189. The molecule has 1 aromatic carbocycles. The molecule has 7 nitrogen and oxygen atoms in total. The number of hydrogen-bond donors (Lipinski definition) is 1. The molecular formula is C17H19ClN2O5S. The van der Waals surface area contributed by atoms with Crippen molar-refractivity contribution in [3.8, 4) is 5.75 Å². The van der Waals surface area contributed by atoms with Gasteiger partial charge in [-0.25, -0.2) is 8.42 Å². The van der Waals surface area contributed by atoms with Crippen LogP contribution in [0.4, 0.5) is 5.69 Å². The Morgan fingerprint density at radius 3 is 2.58 bits per heavy atom. The molecule has 0 unspecified atom stereocenters. The summed E-state index contributed by atoms with van der Waals surface area (Å²) >= 11 is 6.11. The van der Waals surface area contributed by atoms with Crippen molar-refractivity contribution in [3.05, 3.63) is 40.8 Å². The Balaban J connectivity index is 1.83. The highest BCUT2D eigenvalue weighted by Gasteiger charge is 2.31. The van der Waals surface area contributed by atoms with Gasteiger partial charge < -0.3 is 14.5 Å². The maximum Gasteiger partial charge on any atom is 0.291 e. The Bertz CT molecular complexity index is 933. The van der Waals surface area contributed by atoms with Crippen LogP contribution in [0.1, 0.15) is 29.2 Å². The number of rotatable bonds is 5. The Labute approximate surface area is 156 Å². The maximum atomic E-state index is 12.7. The predicted octanol–water partition coefficient (Wildman–Crippen LogP) is 3.29. The zero-order valence-electron chi connectivity index (χ0n) is 14.4. The molecule has 1 amide bonds. The van der Waals surface area contributed by atoms with Gasteiger partial charge in [-0.15, -0.1) is 0 Å². The van der Waals surface area contributed by atoms with Crippen LogP contribution in [0.3, 0.4) is 0 Å². The zero-order chi connectivity index (χ0) is 18.9. The lowest BCUT2D eigenvalue weighted by Crippen LogP contribution is -2.28. The van der Waals surface area contributed by atoms with Crippen molar-refractivity contribution in [3.63, 3.8) is 0 Å². The zero-order valence-corrected chi connectivity index (χ0v) is 16.0. The molecule has 140 valence electrons. The van der Waals surface area contributed by atoms with E-state index >= 15 is 0 Å². The fraction of sp³-hybridized carbons (Fsp3) is 0.353. The average molecular weight is 399 g/mol. The van der Waals surface area contributed by atoms with Gasteiger partial charge in [0.25, 0.3) is 5.91 Å². The molecule has 0 spiro atoms. The minimum atomic E-state index is -3.66. The van der Waals surface area contributed by atoms with E-state index < -0.39 is 15.9 Å². The standard InChI is InChI=1S/C17H19ClN2O5S/c1-11-16(26(22,23)20-7-3-4-8-20)10-15(25-11)17(21)19-14-6-5-12(24-2)9-13(14)18/h5-6,9-10H,3-4,7-8H2,1-2H3,(H,19,21). The van der Waals surface area contributed by atoms with Crippen molar-refractivity contribution >= 4 is 33.2 Å². The van der Waals surface area contributed by atoms with Crippen LogP contribution in [0.15, 0.2) is 33.6 Å². The van der Waals surface area contributed by atoms with Gasteiger partial charge in [-0.1, -0.05) is 11.6 Å². The second-order valence-electron chi connectivity index (χ2n) is 5.94. The molecule has 2 aromatic rings. The smallest absolute Gasteiger partial charge is 0.291 e. The maximum absolute atomic E-state index is 12.7. The monoisotopic (exact) mass is 398 g/mol. The first-order valence-corrected chi connectivity index (χ1v) is 9.90. The van der Waals surface area contributed by atoms with Crippen LogP contribution in [-0.2, 0) is 10.0 Å². The van der Waals surface area contributed by atoms with Crippen LogP contribution >= 0.6 is 11.6 Å². The number of hydrogen-bond acceptors (Lipinski definition) is 5. The summed E-state index contributed by atoms with van der Waals surface area (Å²) in [5, 5.41) is 2.91. The molecule has 1 fully saturated rings. The van der Waals surface area contributed by atoms with E-state index in [1.165, 1.54) is 24.4 Å². The molecule has 1 aliphatic rings. The number of halogens is 1. The van der Waals surface area contributed by atoms with Gasteiger partial charge in [0.15, 0.2) is 5.76 Å². The van der Waals surface area contributed by atoms with E-state index in [1.807, 2.05) is 0 Å². The first kappa shape index (κ1) is 18.8. The van der Waals surface area contributed by atoms with E-state index in [0.29, 0.717) is 29.5 Å². The summed E-state index contributed by atoms with van der Waals surface area (Å²) in [6, 6.07) is 6.07. The van der Waals surface area contributed by atoms with Crippen molar-refractivity contribution in [2.75, 3.05) is 25.5 Å². The first-order valence-electron chi connectivity index (χ1n) is 8.08. The number of ether oxygens (including phenoxy) is 1. The number of aryl methyl sites for hydroxylation is 1. The number of nitrogens with one attached hydrogen (secondary N) is 1. The minimum Gasteiger partial charge on any atom is -0.497 e. The average Bonchev–Trinajstić information content (AvgIpc) is 3.26. The van der Waals surface area contributed by atoms with Gasteiger partial charge in [-0.05, 0) is 31.9 Å². The summed E-state index contributed by atoms with van der Waals surface area (Å²) in [5.41, 5.74) is 0.371. The molecule has 1 N–H and O–H groups in total. The number of nitrogens with zero attached hydrogens (tertiary/aromatic N) is 1. The normalized spacial score (nSPS) is 15.2. The van der Waals surface area contributed by atoms with Gasteiger partial charge in [-0.3, -0.25) is 4.79 Å². The molecular weight excluding hydrogens is 380 g/mol. The summed E-state index contributed by atoms with van der Waals surface area (Å²) in [7, 11) is -2.14. The second-order valence-corrected chi connectivity index (χ2v) is 8.26. The molecule has 0 aliphatic carbocycles. The number of amides is 1. The molecule has 0 radical (unpaired) electrons. The topological polar surface area (TPSA) is 88.8 Å².